The summed E-state index contributed by atoms with van der Waals surface area (Å²) in [6, 6.07) is 5.16. The molecule has 1 aromatic rings. The Morgan fingerprint density at radius 1 is 1.33 bits per heavy atom. The Kier molecular flexibility index (Phi) is 7.56. The lowest BCUT2D eigenvalue weighted by Crippen LogP contribution is -2.25. The van der Waals surface area contributed by atoms with Gasteiger partial charge in [0.2, 0.25) is 5.91 Å². The van der Waals surface area contributed by atoms with Gasteiger partial charge in [0, 0.05) is 31.2 Å². The molecule has 0 saturated heterocycles. The lowest BCUT2D eigenvalue weighted by molar-refractivity contribution is -0.121. The van der Waals surface area contributed by atoms with Crippen LogP contribution >= 0.6 is 0 Å². The van der Waals surface area contributed by atoms with Crippen LogP contribution in [-0.2, 0) is 4.79 Å². The van der Waals surface area contributed by atoms with Crippen molar-refractivity contribution < 1.29 is 24.5 Å². The average molecular weight is 297 g/mol. The summed E-state index contributed by atoms with van der Waals surface area (Å²) in [5.41, 5.74) is 0.626. The SMILES string of the molecule is COc1ccc(C(O)CCC(=O)NCCCO)c(OC)c1. The largest absolute Gasteiger partial charge is 0.497 e. The molecule has 0 aliphatic carbocycles. The minimum atomic E-state index is -0.783. The van der Waals surface area contributed by atoms with Crippen molar-refractivity contribution in [3.63, 3.8) is 0 Å². The summed E-state index contributed by atoms with van der Waals surface area (Å²) in [5, 5.41) is 21.5. The third-order valence-electron chi connectivity index (χ3n) is 3.10. The lowest BCUT2D eigenvalue weighted by Gasteiger charge is -2.15. The zero-order valence-corrected chi connectivity index (χ0v) is 12.5. The molecule has 0 aliphatic rings. The van der Waals surface area contributed by atoms with Crippen molar-refractivity contribution in [3.8, 4) is 11.5 Å². The highest BCUT2D eigenvalue weighted by Gasteiger charge is 2.15. The van der Waals surface area contributed by atoms with Gasteiger partial charge in [-0.15, -0.1) is 0 Å². The van der Waals surface area contributed by atoms with E-state index in [1.54, 1.807) is 25.3 Å². The molecule has 3 N–H and O–H groups in total. The Bertz CT molecular complexity index is 450. The van der Waals surface area contributed by atoms with Crippen molar-refractivity contribution in [2.24, 2.45) is 0 Å². The normalized spacial score (nSPS) is 11.8. The number of ether oxygens (including phenoxy) is 2. The van der Waals surface area contributed by atoms with E-state index in [1.165, 1.54) is 7.11 Å². The van der Waals surface area contributed by atoms with E-state index in [2.05, 4.69) is 5.32 Å². The van der Waals surface area contributed by atoms with Gasteiger partial charge >= 0.3 is 0 Å². The van der Waals surface area contributed by atoms with Crippen molar-refractivity contribution in [1.29, 1.82) is 0 Å². The van der Waals surface area contributed by atoms with E-state index in [0.717, 1.165) is 0 Å². The minimum Gasteiger partial charge on any atom is -0.497 e. The molecule has 6 nitrogen and oxygen atoms in total. The molecule has 0 fully saturated rings. The first-order chi connectivity index (χ1) is 10.1. The highest BCUT2D eigenvalue weighted by atomic mass is 16.5. The fraction of sp³-hybridized carbons (Fsp3) is 0.533. The average Bonchev–Trinajstić information content (AvgIpc) is 2.52. The fourth-order valence-corrected chi connectivity index (χ4v) is 1.91. The number of benzene rings is 1. The van der Waals surface area contributed by atoms with E-state index in [1.807, 2.05) is 0 Å². The first kappa shape index (κ1) is 17.3. The molecular formula is C15H23NO5. The van der Waals surface area contributed by atoms with Crippen LogP contribution in [0.1, 0.15) is 30.9 Å². The molecule has 0 saturated carbocycles. The molecule has 0 aliphatic heterocycles. The molecule has 0 radical (unpaired) electrons. The highest BCUT2D eigenvalue weighted by molar-refractivity contribution is 5.75. The van der Waals surface area contributed by atoms with E-state index in [0.29, 0.717) is 36.4 Å². The highest BCUT2D eigenvalue weighted by Crippen LogP contribution is 2.31. The second-order valence-electron chi connectivity index (χ2n) is 4.59. The van der Waals surface area contributed by atoms with Crippen LogP contribution in [0.4, 0.5) is 0 Å². The Morgan fingerprint density at radius 2 is 2.10 bits per heavy atom. The maximum atomic E-state index is 11.6. The molecule has 0 bridgehead atoms. The van der Waals surface area contributed by atoms with Gasteiger partial charge in [-0.25, -0.2) is 0 Å². The number of aliphatic hydroxyl groups is 2. The molecule has 1 aromatic carbocycles. The third-order valence-corrected chi connectivity index (χ3v) is 3.10. The van der Waals surface area contributed by atoms with Gasteiger partial charge in [0.05, 0.1) is 20.3 Å². The van der Waals surface area contributed by atoms with Gasteiger partial charge in [-0.05, 0) is 25.0 Å². The first-order valence-corrected chi connectivity index (χ1v) is 6.90. The van der Waals surface area contributed by atoms with Gasteiger partial charge in [-0.2, -0.15) is 0 Å². The topological polar surface area (TPSA) is 88.0 Å². The monoisotopic (exact) mass is 297 g/mol. The van der Waals surface area contributed by atoms with E-state index >= 15 is 0 Å². The van der Waals surface area contributed by atoms with Crippen LogP contribution in [0.25, 0.3) is 0 Å². The van der Waals surface area contributed by atoms with Gasteiger partial charge < -0.3 is 25.0 Å². The van der Waals surface area contributed by atoms with Crippen molar-refractivity contribution in [3.05, 3.63) is 23.8 Å². The number of amides is 1. The molecular weight excluding hydrogens is 274 g/mol. The maximum Gasteiger partial charge on any atom is 0.220 e. The minimum absolute atomic E-state index is 0.0476. The maximum absolute atomic E-state index is 11.6. The van der Waals surface area contributed by atoms with Crippen molar-refractivity contribution in [1.82, 2.24) is 5.32 Å². The molecule has 21 heavy (non-hydrogen) atoms. The van der Waals surface area contributed by atoms with Crippen molar-refractivity contribution >= 4 is 5.91 Å². The second kappa shape index (κ2) is 9.20. The fourth-order valence-electron chi connectivity index (χ4n) is 1.91. The predicted molar refractivity (Wildman–Crippen MR) is 78.5 cm³/mol. The number of hydrogen-bond donors (Lipinski definition) is 3. The van der Waals surface area contributed by atoms with Crippen LogP contribution in [-0.4, -0.2) is 43.5 Å². The number of rotatable bonds is 9. The Morgan fingerprint density at radius 3 is 2.71 bits per heavy atom. The number of carbonyl (C=O) groups is 1. The van der Waals surface area contributed by atoms with Gasteiger partial charge in [0.1, 0.15) is 11.5 Å². The summed E-state index contributed by atoms with van der Waals surface area (Å²) in [7, 11) is 3.08. The van der Waals surface area contributed by atoms with Gasteiger partial charge in [-0.1, -0.05) is 0 Å². The van der Waals surface area contributed by atoms with Crippen LogP contribution in [0.3, 0.4) is 0 Å². The van der Waals surface area contributed by atoms with Crippen LogP contribution < -0.4 is 14.8 Å². The van der Waals surface area contributed by atoms with Crippen LogP contribution in [0.2, 0.25) is 0 Å². The molecule has 6 heteroatoms. The van der Waals surface area contributed by atoms with E-state index < -0.39 is 6.10 Å². The van der Waals surface area contributed by atoms with Crippen molar-refractivity contribution in [2.45, 2.75) is 25.4 Å². The Hall–Kier alpha value is -1.79. The quantitative estimate of drug-likeness (QED) is 0.592. The Labute approximate surface area is 124 Å². The lowest BCUT2D eigenvalue weighted by atomic mass is 10.0. The second-order valence-corrected chi connectivity index (χ2v) is 4.59. The molecule has 1 amide bonds. The van der Waals surface area contributed by atoms with Gasteiger partial charge in [0.25, 0.3) is 0 Å². The van der Waals surface area contributed by atoms with Gasteiger partial charge in [0.15, 0.2) is 0 Å². The first-order valence-electron chi connectivity index (χ1n) is 6.90. The summed E-state index contributed by atoms with van der Waals surface area (Å²) in [6.07, 6.45) is 0.255. The standard InChI is InChI=1S/C15H23NO5/c1-20-11-4-5-12(14(10-11)21-2)13(18)6-7-15(19)16-8-3-9-17/h4-5,10,13,17-18H,3,6-9H2,1-2H3,(H,16,19). The molecule has 1 atom stereocenters. The molecule has 0 heterocycles. The zero-order valence-electron chi connectivity index (χ0n) is 12.5. The summed E-state index contributed by atoms with van der Waals surface area (Å²) in [6.45, 7) is 0.489. The number of aliphatic hydroxyl groups excluding tert-OH is 2. The Balaban J connectivity index is 2.55. The van der Waals surface area contributed by atoms with Crippen LogP contribution in [0.15, 0.2) is 18.2 Å². The molecule has 1 unspecified atom stereocenters. The van der Waals surface area contributed by atoms with Gasteiger partial charge in [-0.3, -0.25) is 4.79 Å². The smallest absolute Gasteiger partial charge is 0.220 e. The number of nitrogens with one attached hydrogen (secondary N) is 1. The summed E-state index contributed by atoms with van der Waals surface area (Å²) >= 11 is 0. The molecule has 0 aromatic heterocycles. The van der Waals surface area contributed by atoms with Crippen molar-refractivity contribution in [2.75, 3.05) is 27.4 Å². The molecule has 0 spiro atoms. The van der Waals surface area contributed by atoms with Crippen LogP contribution in [0, 0.1) is 0 Å². The number of hydrogen-bond acceptors (Lipinski definition) is 5. The van der Waals surface area contributed by atoms with Crippen LogP contribution in [0.5, 0.6) is 11.5 Å². The summed E-state index contributed by atoms with van der Waals surface area (Å²) in [4.78, 5) is 11.6. The molecule has 1 rings (SSSR count). The third kappa shape index (κ3) is 5.61. The summed E-state index contributed by atoms with van der Waals surface area (Å²) < 4.78 is 10.3. The van der Waals surface area contributed by atoms with E-state index in [-0.39, 0.29) is 18.9 Å². The number of methoxy groups -OCH3 is 2. The zero-order chi connectivity index (χ0) is 15.7. The predicted octanol–water partition coefficient (Wildman–Crippen LogP) is 1.02. The van der Waals surface area contributed by atoms with E-state index in [9.17, 15) is 9.90 Å². The van der Waals surface area contributed by atoms with E-state index in [4.69, 9.17) is 14.6 Å². The molecule has 118 valence electrons. The summed E-state index contributed by atoms with van der Waals surface area (Å²) in [5.74, 6) is 1.03. The number of carbonyl (C=O) groups excluding carboxylic acids is 1.